The normalized spacial score (nSPS) is 13.8. The number of hydrogen-bond acceptors (Lipinski definition) is 4. The Labute approximate surface area is 175 Å². The zero-order chi connectivity index (χ0) is 22.8. The van der Waals surface area contributed by atoms with Crippen molar-refractivity contribution in [3.8, 4) is 5.75 Å². The molecule has 0 aliphatic heterocycles. The molecule has 0 aliphatic rings. The van der Waals surface area contributed by atoms with Gasteiger partial charge in [0.1, 0.15) is 12.3 Å². The van der Waals surface area contributed by atoms with E-state index in [0.717, 1.165) is 0 Å². The molecule has 0 saturated carbocycles. The number of halogens is 3. The van der Waals surface area contributed by atoms with Crippen molar-refractivity contribution in [2.45, 2.75) is 39.0 Å². The second-order valence-corrected chi connectivity index (χ2v) is 7.61. The topological polar surface area (TPSA) is 93.5 Å². The average molecular weight is 437 g/mol. The molecule has 166 valence electrons. The van der Waals surface area contributed by atoms with Crippen LogP contribution in [0.1, 0.15) is 20.3 Å². The predicted octanol–water partition coefficient (Wildman–Crippen LogP) is 4.17. The largest absolute Gasteiger partial charge is 0.493 e. The molecule has 1 aromatic carbocycles. The summed E-state index contributed by atoms with van der Waals surface area (Å²) in [6.07, 6.45) is -2.42. The summed E-state index contributed by atoms with van der Waals surface area (Å²) < 4.78 is 45.9. The Balaban J connectivity index is 1.93. The molecule has 0 aliphatic carbocycles. The number of rotatable bonds is 7. The van der Waals surface area contributed by atoms with Gasteiger partial charge in [-0.1, -0.05) is 6.92 Å². The Morgan fingerprint density at radius 1 is 1.23 bits per heavy atom. The number of carbonyl (C=O) groups is 1. The van der Waals surface area contributed by atoms with E-state index in [2.05, 4.69) is 10.3 Å². The number of nitrogens with zero attached hydrogens (tertiary/aromatic N) is 2. The molecule has 2 atom stereocenters. The Hall–Kier alpha value is -3.30. The molecular weight excluding hydrogens is 415 g/mol. The van der Waals surface area contributed by atoms with Gasteiger partial charge in [0, 0.05) is 29.9 Å². The van der Waals surface area contributed by atoms with Crippen LogP contribution in [-0.4, -0.2) is 39.6 Å². The third kappa shape index (κ3) is 5.44. The first-order valence-electron chi connectivity index (χ1n) is 9.64. The van der Waals surface area contributed by atoms with Crippen molar-refractivity contribution < 1.29 is 27.8 Å². The lowest BCUT2D eigenvalue weighted by Crippen LogP contribution is -2.33. The number of carboxylic acid groups (broad SMARTS) is 1. The third-order valence-corrected chi connectivity index (χ3v) is 4.84. The maximum Gasteiger partial charge on any atom is 0.406 e. The number of nitrogens with one attached hydrogen (secondary N) is 1. The molecule has 2 unspecified atom stereocenters. The summed E-state index contributed by atoms with van der Waals surface area (Å²) in [5.74, 6) is 0.305. The van der Waals surface area contributed by atoms with Gasteiger partial charge in [-0.2, -0.15) is 13.2 Å². The first-order valence-corrected chi connectivity index (χ1v) is 9.64. The van der Waals surface area contributed by atoms with Crippen LogP contribution in [0.25, 0.3) is 21.7 Å². The van der Waals surface area contributed by atoms with Crippen LogP contribution in [0.15, 0.2) is 41.5 Å². The highest BCUT2D eigenvalue weighted by atomic mass is 19.4. The lowest BCUT2D eigenvalue weighted by atomic mass is 10.0. The zero-order valence-electron chi connectivity index (χ0n) is 16.9. The van der Waals surface area contributed by atoms with Crippen molar-refractivity contribution in [3.63, 3.8) is 0 Å². The SMILES string of the molecule is CC(COc1ccc2c3ccncc3c(=O)n(CC(F)(F)F)c2c1)CC(C)NC(=O)O. The molecule has 1 amide bonds. The number of pyridine rings is 2. The van der Waals surface area contributed by atoms with Crippen LogP contribution in [0.2, 0.25) is 0 Å². The minimum absolute atomic E-state index is 0.0161. The molecule has 0 saturated heterocycles. The maximum atomic E-state index is 13.2. The van der Waals surface area contributed by atoms with E-state index in [9.17, 15) is 22.8 Å². The van der Waals surface area contributed by atoms with Crippen molar-refractivity contribution >= 4 is 27.8 Å². The van der Waals surface area contributed by atoms with Crippen molar-refractivity contribution in [2.24, 2.45) is 5.92 Å². The molecule has 2 aromatic heterocycles. The van der Waals surface area contributed by atoms with Crippen LogP contribution in [0, 0.1) is 5.92 Å². The molecule has 3 aromatic rings. The number of hydrogen-bond donors (Lipinski definition) is 2. The van der Waals surface area contributed by atoms with Crippen LogP contribution >= 0.6 is 0 Å². The lowest BCUT2D eigenvalue weighted by molar-refractivity contribution is -0.140. The Kier molecular flexibility index (Phi) is 6.37. The number of alkyl halides is 3. The number of benzene rings is 1. The first kappa shape index (κ1) is 22.4. The van der Waals surface area contributed by atoms with Gasteiger partial charge in [0.05, 0.1) is 17.5 Å². The van der Waals surface area contributed by atoms with Crippen LogP contribution in [0.5, 0.6) is 5.75 Å². The number of aromatic nitrogens is 2. The predicted molar refractivity (Wildman–Crippen MR) is 109 cm³/mol. The fourth-order valence-corrected chi connectivity index (χ4v) is 3.62. The second kappa shape index (κ2) is 8.83. The molecule has 0 spiro atoms. The van der Waals surface area contributed by atoms with E-state index in [0.29, 0.717) is 27.5 Å². The smallest absolute Gasteiger partial charge is 0.406 e. The molecule has 7 nitrogen and oxygen atoms in total. The van der Waals surface area contributed by atoms with Gasteiger partial charge in [-0.05, 0) is 42.8 Å². The Bertz CT molecular complexity index is 1160. The summed E-state index contributed by atoms with van der Waals surface area (Å²) >= 11 is 0. The van der Waals surface area contributed by atoms with Crippen LogP contribution in [0.3, 0.4) is 0 Å². The van der Waals surface area contributed by atoms with E-state index < -0.39 is 24.4 Å². The van der Waals surface area contributed by atoms with Crippen molar-refractivity contribution in [1.82, 2.24) is 14.9 Å². The number of fused-ring (bicyclic) bond motifs is 3. The molecule has 0 fully saturated rings. The zero-order valence-corrected chi connectivity index (χ0v) is 16.9. The summed E-state index contributed by atoms with van der Waals surface area (Å²) in [5.41, 5.74) is -0.654. The standard InChI is InChI=1S/C21H22F3N3O4/c1-12(7-13(2)26-20(29)30)10-31-14-3-4-16-15-5-6-25-9-17(15)19(28)27(18(16)8-14)11-21(22,23)24/h3-6,8-9,12-13,26H,7,10-11H2,1-2H3,(H,29,30). The lowest BCUT2D eigenvalue weighted by Gasteiger charge is -2.19. The Morgan fingerprint density at radius 2 is 1.97 bits per heavy atom. The summed E-state index contributed by atoms with van der Waals surface area (Å²) in [7, 11) is 0. The third-order valence-electron chi connectivity index (χ3n) is 4.84. The van der Waals surface area contributed by atoms with Crippen LogP contribution < -0.4 is 15.6 Å². The van der Waals surface area contributed by atoms with Crippen molar-refractivity contribution in [2.75, 3.05) is 6.61 Å². The monoisotopic (exact) mass is 437 g/mol. The van der Waals surface area contributed by atoms with Gasteiger partial charge in [0.15, 0.2) is 0 Å². The molecule has 2 N–H and O–H groups in total. The minimum Gasteiger partial charge on any atom is -0.493 e. The van der Waals surface area contributed by atoms with Crippen LogP contribution in [-0.2, 0) is 6.54 Å². The van der Waals surface area contributed by atoms with E-state index in [-0.39, 0.29) is 29.5 Å². The highest BCUT2D eigenvalue weighted by molar-refractivity contribution is 6.05. The number of ether oxygens (including phenoxy) is 1. The van der Waals surface area contributed by atoms with Gasteiger partial charge in [0.2, 0.25) is 0 Å². The van der Waals surface area contributed by atoms with Gasteiger partial charge >= 0.3 is 12.3 Å². The van der Waals surface area contributed by atoms with Gasteiger partial charge < -0.3 is 15.2 Å². The maximum absolute atomic E-state index is 13.2. The fourth-order valence-electron chi connectivity index (χ4n) is 3.62. The van der Waals surface area contributed by atoms with E-state index >= 15 is 0 Å². The minimum atomic E-state index is -4.58. The quantitative estimate of drug-likeness (QED) is 0.541. The fraction of sp³-hybridized carbons (Fsp3) is 0.381. The highest BCUT2D eigenvalue weighted by Gasteiger charge is 2.30. The van der Waals surface area contributed by atoms with E-state index in [4.69, 9.17) is 9.84 Å². The Morgan fingerprint density at radius 3 is 2.65 bits per heavy atom. The summed E-state index contributed by atoms with van der Waals surface area (Å²) in [6.45, 7) is 2.42. The van der Waals surface area contributed by atoms with Crippen molar-refractivity contribution in [1.29, 1.82) is 0 Å². The highest BCUT2D eigenvalue weighted by Crippen LogP contribution is 2.28. The molecular formula is C21H22F3N3O4. The first-order chi connectivity index (χ1) is 14.5. The summed E-state index contributed by atoms with van der Waals surface area (Å²) in [5, 5.41) is 12.2. The van der Waals surface area contributed by atoms with Gasteiger partial charge in [-0.3, -0.25) is 14.3 Å². The van der Waals surface area contributed by atoms with Crippen LogP contribution in [0.4, 0.5) is 18.0 Å². The number of amides is 1. The van der Waals surface area contributed by atoms with Gasteiger partial charge in [0.25, 0.3) is 5.56 Å². The molecule has 0 bridgehead atoms. The molecule has 3 rings (SSSR count). The van der Waals surface area contributed by atoms with E-state index in [1.54, 1.807) is 25.1 Å². The van der Waals surface area contributed by atoms with Gasteiger partial charge in [-0.25, -0.2) is 4.79 Å². The molecule has 31 heavy (non-hydrogen) atoms. The summed E-state index contributed by atoms with van der Waals surface area (Å²) in [6, 6.07) is 6.00. The second-order valence-electron chi connectivity index (χ2n) is 7.61. The average Bonchev–Trinajstić information content (AvgIpc) is 2.68. The molecule has 2 heterocycles. The molecule has 10 heteroatoms. The van der Waals surface area contributed by atoms with Crippen molar-refractivity contribution in [3.05, 3.63) is 47.0 Å². The summed E-state index contributed by atoms with van der Waals surface area (Å²) in [4.78, 5) is 27.3. The molecule has 0 radical (unpaired) electrons. The van der Waals surface area contributed by atoms with E-state index in [1.807, 2.05) is 6.92 Å². The van der Waals surface area contributed by atoms with E-state index in [1.165, 1.54) is 18.5 Å². The van der Waals surface area contributed by atoms with Gasteiger partial charge in [-0.15, -0.1) is 0 Å².